The van der Waals surface area contributed by atoms with E-state index in [9.17, 15) is 0 Å². The quantitative estimate of drug-likeness (QED) is 0.684. The zero-order valence-electron chi connectivity index (χ0n) is 11.8. The summed E-state index contributed by atoms with van der Waals surface area (Å²) < 4.78 is 0. The fourth-order valence-corrected chi connectivity index (χ4v) is 2.85. The van der Waals surface area contributed by atoms with Crippen LogP contribution in [0.4, 0.5) is 0 Å². The summed E-state index contributed by atoms with van der Waals surface area (Å²) in [5, 5.41) is 1.57. The minimum Gasteiger partial charge on any atom is -0.0656 e. The Hall–Kier alpha value is -0.563. The van der Waals surface area contributed by atoms with Crippen molar-refractivity contribution >= 4 is 13.3 Å². The molecule has 0 bridgehead atoms. The molecule has 0 fully saturated rings. The van der Waals surface area contributed by atoms with Crippen molar-refractivity contribution in [3.8, 4) is 0 Å². The van der Waals surface area contributed by atoms with Crippen molar-refractivity contribution in [3.63, 3.8) is 0 Å². The second-order valence-electron chi connectivity index (χ2n) is 6.34. The Morgan fingerprint density at radius 1 is 0.875 bits per heavy atom. The molecule has 0 spiro atoms. The summed E-state index contributed by atoms with van der Waals surface area (Å²) >= 11 is 0. The van der Waals surface area contributed by atoms with Crippen LogP contribution >= 0.6 is 0 Å². The molecular weight excluding hydrogens is 208 g/mol. The van der Waals surface area contributed by atoms with Gasteiger partial charge in [0.25, 0.3) is 0 Å². The van der Waals surface area contributed by atoms with Crippen LogP contribution in [0, 0.1) is 6.07 Å². The van der Waals surface area contributed by atoms with E-state index in [0.29, 0.717) is 11.8 Å². The van der Waals surface area contributed by atoms with Gasteiger partial charge in [-0.3, -0.25) is 0 Å². The van der Waals surface area contributed by atoms with Gasteiger partial charge in [-0.1, -0.05) is 64.7 Å². The van der Waals surface area contributed by atoms with E-state index in [1.807, 2.05) is 0 Å². The fourth-order valence-electron chi connectivity index (χ4n) is 1.67. The number of benzene rings is 1. The average Bonchev–Trinajstić information content (AvgIpc) is 2.15. The van der Waals surface area contributed by atoms with Gasteiger partial charge in [0.05, 0.1) is 8.07 Å². The Bertz CT molecular complexity index is 330. The van der Waals surface area contributed by atoms with Crippen LogP contribution < -0.4 is 5.19 Å². The zero-order chi connectivity index (χ0) is 12.5. The lowest BCUT2D eigenvalue weighted by Gasteiger charge is -2.21. The van der Waals surface area contributed by atoms with Crippen molar-refractivity contribution in [2.24, 2.45) is 0 Å². The molecule has 1 heteroatoms. The van der Waals surface area contributed by atoms with Crippen molar-refractivity contribution in [1.82, 2.24) is 0 Å². The lowest BCUT2D eigenvalue weighted by molar-refractivity contribution is 0.832. The molecule has 0 aromatic heterocycles. The monoisotopic (exact) mass is 233 g/mol. The predicted octanol–water partition coefficient (Wildman–Crippen LogP) is 4.28. The summed E-state index contributed by atoms with van der Waals surface area (Å²) in [5.74, 6) is 1.16. The van der Waals surface area contributed by atoms with E-state index in [1.165, 1.54) is 11.1 Å². The van der Waals surface area contributed by atoms with Gasteiger partial charge in [-0.2, -0.15) is 0 Å². The first-order valence-corrected chi connectivity index (χ1v) is 9.79. The Kier molecular flexibility index (Phi) is 4.00. The van der Waals surface area contributed by atoms with E-state index in [2.05, 4.69) is 65.5 Å². The van der Waals surface area contributed by atoms with Crippen LogP contribution in [0.1, 0.15) is 50.7 Å². The standard InChI is InChI=1S/C15H25Si/c1-11(2)13-8-14(12(3)4)10-15(9-13)16(5,6)7/h9-12H,1-7H3. The minimum absolute atomic E-state index is 0.578. The van der Waals surface area contributed by atoms with Crippen molar-refractivity contribution < 1.29 is 0 Å². The van der Waals surface area contributed by atoms with Gasteiger partial charge in [0, 0.05) is 0 Å². The van der Waals surface area contributed by atoms with Crippen LogP contribution in [0.15, 0.2) is 12.1 Å². The normalized spacial score (nSPS) is 12.6. The van der Waals surface area contributed by atoms with Crippen molar-refractivity contribution in [1.29, 1.82) is 0 Å². The van der Waals surface area contributed by atoms with Crippen LogP contribution in [0.2, 0.25) is 19.6 Å². The first kappa shape index (κ1) is 13.5. The third-order valence-electron chi connectivity index (χ3n) is 3.02. The van der Waals surface area contributed by atoms with E-state index in [0.717, 1.165) is 0 Å². The highest BCUT2D eigenvalue weighted by Gasteiger charge is 2.19. The van der Waals surface area contributed by atoms with Gasteiger partial charge in [0.2, 0.25) is 0 Å². The largest absolute Gasteiger partial charge is 0.0776 e. The maximum atomic E-state index is 3.58. The number of hydrogen-bond donors (Lipinski definition) is 0. The molecule has 0 aliphatic heterocycles. The highest BCUT2D eigenvalue weighted by Crippen LogP contribution is 2.20. The van der Waals surface area contributed by atoms with E-state index < -0.39 is 8.07 Å². The van der Waals surface area contributed by atoms with Gasteiger partial charge in [-0.05, 0) is 29.0 Å². The SMILES string of the molecule is CC(C)c1[c]c(C(C)C)cc([Si](C)(C)C)c1. The predicted molar refractivity (Wildman–Crippen MR) is 76.4 cm³/mol. The highest BCUT2D eigenvalue weighted by atomic mass is 28.3. The molecule has 16 heavy (non-hydrogen) atoms. The summed E-state index contributed by atoms with van der Waals surface area (Å²) in [7, 11) is -1.21. The Labute approximate surface area is 102 Å². The van der Waals surface area contributed by atoms with Crippen LogP contribution in [0.25, 0.3) is 0 Å². The summed E-state index contributed by atoms with van der Waals surface area (Å²) in [4.78, 5) is 0. The molecule has 0 atom stereocenters. The summed E-state index contributed by atoms with van der Waals surface area (Å²) in [6.45, 7) is 16.3. The second-order valence-corrected chi connectivity index (χ2v) is 11.4. The molecule has 0 saturated carbocycles. The van der Waals surface area contributed by atoms with Gasteiger partial charge in [-0.25, -0.2) is 0 Å². The topological polar surface area (TPSA) is 0 Å². The van der Waals surface area contributed by atoms with Gasteiger partial charge < -0.3 is 0 Å². The molecule has 0 amide bonds. The molecule has 0 N–H and O–H groups in total. The van der Waals surface area contributed by atoms with E-state index in [4.69, 9.17) is 0 Å². The molecule has 89 valence electrons. The maximum Gasteiger partial charge on any atom is 0.0776 e. The number of rotatable bonds is 3. The second kappa shape index (κ2) is 4.75. The van der Waals surface area contributed by atoms with Crippen LogP contribution in [-0.4, -0.2) is 8.07 Å². The van der Waals surface area contributed by atoms with Crippen LogP contribution in [0.5, 0.6) is 0 Å². The molecule has 0 aliphatic rings. The minimum atomic E-state index is -1.21. The van der Waals surface area contributed by atoms with Crippen molar-refractivity contribution in [3.05, 3.63) is 29.3 Å². The molecular formula is C15H25Si. The maximum absolute atomic E-state index is 3.58. The lowest BCUT2D eigenvalue weighted by Crippen LogP contribution is -2.38. The molecule has 1 aromatic carbocycles. The Morgan fingerprint density at radius 3 is 1.50 bits per heavy atom. The molecule has 0 saturated heterocycles. The average molecular weight is 233 g/mol. The summed E-state index contributed by atoms with van der Waals surface area (Å²) in [6.07, 6.45) is 0. The molecule has 0 aliphatic carbocycles. The summed E-state index contributed by atoms with van der Waals surface area (Å²) in [6, 6.07) is 8.33. The molecule has 1 rings (SSSR count). The van der Waals surface area contributed by atoms with Crippen LogP contribution in [-0.2, 0) is 0 Å². The van der Waals surface area contributed by atoms with E-state index in [1.54, 1.807) is 5.19 Å². The van der Waals surface area contributed by atoms with Gasteiger partial charge in [-0.15, -0.1) is 0 Å². The van der Waals surface area contributed by atoms with E-state index in [-0.39, 0.29) is 0 Å². The third kappa shape index (κ3) is 3.21. The van der Waals surface area contributed by atoms with Crippen molar-refractivity contribution in [2.45, 2.75) is 59.2 Å². The first-order valence-electron chi connectivity index (χ1n) is 6.29. The molecule has 1 aromatic rings. The number of hydrogen-bond acceptors (Lipinski definition) is 0. The van der Waals surface area contributed by atoms with Gasteiger partial charge in [0.1, 0.15) is 0 Å². The van der Waals surface area contributed by atoms with Gasteiger partial charge in [0.15, 0.2) is 0 Å². The highest BCUT2D eigenvalue weighted by molar-refractivity contribution is 6.88. The smallest absolute Gasteiger partial charge is 0.0656 e. The molecule has 0 nitrogen and oxygen atoms in total. The first-order chi connectivity index (χ1) is 7.21. The molecule has 0 unspecified atom stereocenters. The molecule has 1 radical (unpaired) electrons. The molecule has 0 heterocycles. The van der Waals surface area contributed by atoms with Crippen LogP contribution in [0.3, 0.4) is 0 Å². The Balaban J connectivity index is 3.30. The Morgan fingerprint density at radius 2 is 1.25 bits per heavy atom. The lowest BCUT2D eigenvalue weighted by atomic mass is 9.96. The van der Waals surface area contributed by atoms with Gasteiger partial charge >= 0.3 is 0 Å². The fraction of sp³-hybridized carbons (Fsp3) is 0.600. The van der Waals surface area contributed by atoms with Crippen molar-refractivity contribution in [2.75, 3.05) is 0 Å². The van der Waals surface area contributed by atoms with E-state index >= 15 is 0 Å². The third-order valence-corrected chi connectivity index (χ3v) is 5.04. The zero-order valence-corrected chi connectivity index (χ0v) is 12.8. The summed E-state index contributed by atoms with van der Waals surface area (Å²) in [5.41, 5.74) is 2.76.